The second-order valence-corrected chi connectivity index (χ2v) is 27.1. The molecule has 0 radical (unpaired) electrons. The number of aromatic nitrogens is 5. The van der Waals surface area contributed by atoms with E-state index in [-0.39, 0.29) is 5.78 Å². The molecule has 0 saturated heterocycles. The molecule has 254 valence electrons. The lowest BCUT2D eigenvalue weighted by Gasteiger charge is -2.44. The predicted molar refractivity (Wildman–Crippen MR) is 207 cm³/mol. The number of H-pyrrole nitrogens is 1. The standard InChI is InChI=1S/C38H52N6O2Si2/c1-24(2)48(25(3)4,26(5)6)44-22-29(27-16-13-15-19-31(27)44)36(45)34-33-35(32-28-17-12-14-18-30(28)39-37(32)40-34)43(38(41-33)42(7)8)23-46-20-21-47(9,10)11/h12-19,22,24-26H,20-21,23H2,1-11H3,(H,39,40). The van der Waals surface area contributed by atoms with Crippen molar-refractivity contribution in [3.05, 3.63) is 66.0 Å². The number of pyridine rings is 1. The van der Waals surface area contributed by atoms with Gasteiger partial charge in [0.15, 0.2) is 8.24 Å². The van der Waals surface area contributed by atoms with E-state index < -0.39 is 16.3 Å². The molecule has 0 atom stereocenters. The van der Waals surface area contributed by atoms with E-state index in [1.54, 1.807) is 0 Å². The zero-order valence-corrected chi connectivity index (χ0v) is 32.6. The Morgan fingerprint density at radius 3 is 2.15 bits per heavy atom. The van der Waals surface area contributed by atoms with Gasteiger partial charge in [-0.25, -0.2) is 9.97 Å². The maximum Gasteiger partial charge on any atom is 0.215 e. The lowest BCUT2D eigenvalue weighted by atomic mass is 10.0. The SMILES string of the molecule is CC(C)[Si](C(C)C)(C(C)C)n1cc(C(=O)c2nc3[nH]c4ccccc4c3c3c2nc(N(C)C)n3COCC[Si](C)(C)C)c2ccccc21. The van der Waals surface area contributed by atoms with Crippen LogP contribution in [0.3, 0.4) is 0 Å². The molecule has 0 bridgehead atoms. The lowest BCUT2D eigenvalue weighted by Crippen LogP contribution is -2.51. The number of nitrogens with one attached hydrogen (secondary N) is 1. The van der Waals surface area contributed by atoms with E-state index in [0.717, 1.165) is 44.7 Å². The molecule has 48 heavy (non-hydrogen) atoms. The zero-order chi connectivity index (χ0) is 34.7. The molecule has 8 nitrogen and oxygen atoms in total. The van der Waals surface area contributed by atoms with Gasteiger partial charge in [0.05, 0.1) is 10.9 Å². The van der Waals surface area contributed by atoms with Crippen LogP contribution < -0.4 is 4.90 Å². The number of carbonyl (C=O) groups excluding carboxylic acids is 1. The number of anilines is 1. The molecule has 0 amide bonds. The van der Waals surface area contributed by atoms with Crippen LogP contribution in [0.2, 0.25) is 42.3 Å². The van der Waals surface area contributed by atoms with Gasteiger partial charge in [-0.2, -0.15) is 0 Å². The summed E-state index contributed by atoms with van der Waals surface area (Å²) < 4.78 is 11.0. The minimum absolute atomic E-state index is 0.107. The molecule has 2 aromatic carbocycles. The first kappa shape index (κ1) is 34.1. The summed E-state index contributed by atoms with van der Waals surface area (Å²) in [4.78, 5) is 30.9. The van der Waals surface area contributed by atoms with Gasteiger partial charge in [-0.05, 0) is 34.8 Å². The molecule has 0 saturated carbocycles. The van der Waals surface area contributed by atoms with Gasteiger partial charge in [-0.3, -0.25) is 9.36 Å². The summed E-state index contributed by atoms with van der Waals surface area (Å²) in [5.41, 5.74) is 6.73. The first-order valence-corrected chi connectivity index (χ1v) is 23.3. The Morgan fingerprint density at radius 1 is 0.896 bits per heavy atom. The van der Waals surface area contributed by atoms with E-state index in [9.17, 15) is 0 Å². The molecule has 0 fully saturated rings. The van der Waals surface area contributed by atoms with Gasteiger partial charge in [-0.1, -0.05) is 97.6 Å². The van der Waals surface area contributed by atoms with Crippen molar-refractivity contribution in [3.8, 4) is 0 Å². The molecule has 4 heterocycles. The smallest absolute Gasteiger partial charge is 0.215 e. The van der Waals surface area contributed by atoms with Crippen LogP contribution in [0, 0.1) is 0 Å². The number of nitrogens with zero attached hydrogens (tertiary/aromatic N) is 5. The van der Waals surface area contributed by atoms with Gasteiger partial charge in [0.2, 0.25) is 11.7 Å². The number of hydrogen-bond acceptors (Lipinski definition) is 5. The summed E-state index contributed by atoms with van der Waals surface area (Å²) >= 11 is 0. The van der Waals surface area contributed by atoms with Gasteiger partial charge < -0.3 is 18.9 Å². The highest BCUT2D eigenvalue weighted by Crippen LogP contribution is 2.45. The third kappa shape index (κ3) is 5.51. The van der Waals surface area contributed by atoms with Crippen molar-refractivity contribution < 1.29 is 9.53 Å². The second-order valence-electron chi connectivity index (χ2n) is 15.7. The summed E-state index contributed by atoms with van der Waals surface area (Å²) in [7, 11) is 0.536. The third-order valence-corrected chi connectivity index (χ3v) is 18.8. The average molecular weight is 681 g/mol. The number of benzene rings is 2. The summed E-state index contributed by atoms with van der Waals surface area (Å²) in [6, 6.07) is 17.7. The number of rotatable bonds is 12. The largest absolute Gasteiger partial charge is 0.373 e. The number of hydrogen-bond donors (Lipinski definition) is 1. The quantitative estimate of drug-likeness (QED) is 0.0791. The number of ether oxygens (including phenoxy) is 1. The monoisotopic (exact) mass is 680 g/mol. The molecule has 6 rings (SSSR count). The van der Waals surface area contributed by atoms with Crippen LogP contribution in [0.25, 0.3) is 43.9 Å². The average Bonchev–Trinajstić information content (AvgIpc) is 3.70. The maximum atomic E-state index is 15.1. The molecule has 0 spiro atoms. The highest BCUT2D eigenvalue weighted by atomic mass is 28.3. The third-order valence-electron chi connectivity index (χ3n) is 10.3. The minimum Gasteiger partial charge on any atom is -0.373 e. The fourth-order valence-corrected chi connectivity index (χ4v) is 15.7. The predicted octanol–water partition coefficient (Wildman–Crippen LogP) is 9.65. The molecule has 10 heteroatoms. The normalized spacial score (nSPS) is 13.0. The number of fused-ring (bicyclic) bond motifs is 6. The molecule has 0 aliphatic carbocycles. The van der Waals surface area contributed by atoms with Gasteiger partial charge in [-0.15, -0.1) is 0 Å². The molecule has 1 N–H and O–H groups in total. The van der Waals surface area contributed by atoms with Crippen LogP contribution in [0.1, 0.15) is 57.6 Å². The van der Waals surface area contributed by atoms with Crippen molar-refractivity contribution in [3.63, 3.8) is 0 Å². The molecule has 6 aromatic rings. The van der Waals surface area contributed by atoms with Gasteiger partial charge in [0.1, 0.15) is 23.6 Å². The molecular weight excluding hydrogens is 629 g/mol. The lowest BCUT2D eigenvalue weighted by molar-refractivity contribution is 0.0908. The molecule has 0 aliphatic heterocycles. The number of ketones is 1. The second kappa shape index (κ2) is 12.6. The zero-order valence-electron chi connectivity index (χ0n) is 30.6. The molecule has 0 unspecified atom stereocenters. The van der Waals surface area contributed by atoms with Crippen molar-refractivity contribution in [2.45, 2.75) is 90.6 Å². The summed E-state index contributed by atoms with van der Waals surface area (Å²) in [6.07, 6.45) is 2.16. The Morgan fingerprint density at radius 2 is 1.52 bits per heavy atom. The number of para-hydroxylation sites is 2. The van der Waals surface area contributed by atoms with Crippen molar-refractivity contribution in [2.75, 3.05) is 25.6 Å². The minimum atomic E-state index is -2.17. The number of carbonyl (C=O) groups is 1. The van der Waals surface area contributed by atoms with E-state index >= 15 is 4.79 Å². The van der Waals surface area contributed by atoms with E-state index in [0.29, 0.717) is 52.4 Å². The highest BCUT2D eigenvalue weighted by molar-refractivity contribution is 6.82. The Labute approximate surface area is 286 Å². The van der Waals surface area contributed by atoms with Gasteiger partial charge >= 0.3 is 0 Å². The topological polar surface area (TPSA) is 81.0 Å². The summed E-state index contributed by atoms with van der Waals surface area (Å²) in [5.74, 6) is 0.629. The van der Waals surface area contributed by atoms with Crippen LogP contribution in [0.4, 0.5) is 5.95 Å². The Balaban J connectivity index is 1.63. The molecule has 4 aromatic heterocycles. The fraction of sp³-hybridized carbons (Fsp3) is 0.447. The van der Waals surface area contributed by atoms with Crippen LogP contribution >= 0.6 is 0 Å². The van der Waals surface area contributed by atoms with E-state index in [2.05, 4.69) is 111 Å². The van der Waals surface area contributed by atoms with Crippen LogP contribution in [-0.4, -0.2) is 66.5 Å². The van der Waals surface area contributed by atoms with Gasteiger partial charge in [0.25, 0.3) is 0 Å². The Bertz CT molecular complexity index is 2110. The fourth-order valence-electron chi connectivity index (χ4n) is 8.27. The summed E-state index contributed by atoms with van der Waals surface area (Å²) in [5, 5.41) is 2.98. The van der Waals surface area contributed by atoms with Crippen molar-refractivity contribution in [2.24, 2.45) is 0 Å². The van der Waals surface area contributed by atoms with Crippen LogP contribution in [0.5, 0.6) is 0 Å². The van der Waals surface area contributed by atoms with Gasteiger partial charge in [0, 0.05) is 62.3 Å². The number of imidazole rings is 1. The summed E-state index contributed by atoms with van der Waals surface area (Å²) in [6.45, 7) is 22.3. The molecule has 0 aliphatic rings. The van der Waals surface area contributed by atoms with E-state index in [4.69, 9.17) is 14.7 Å². The van der Waals surface area contributed by atoms with E-state index in [1.165, 1.54) is 0 Å². The number of aromatic amines is 1. The van der Waals surface area contributed by atoms with Crippen molar-refractivity contribution in [1.82, 2.24) is 23.8 Å². The van der Waals surface area contributed by atoms with E-state index in [1.807, 2.05) is 37.2 Å². The highest BCUT2D eigenvalue weighted by Gasteiger charge is 2.46. The molecular formula is C38H52N6O2Si2. The van der Waals surface area contributed by atoms with Crippen molar-refractivity contribution in [1.29, 1.82) is 0 Å². The first-order valence-electron chi connectivity index (χ1n) is 17.4. The van der Waals surface area contributed by atoms with Crippen molar-refractivity contribution >= 4 is 71.9 Å². The Hall–Kier alpha value is -3.74. The maximum absolute atomic E-state index is 15.1. The Kier molecular flexibility index (Phi) is 8.97. The van der Waals surface area contributed by atoms with Crippen LogP contribution in [-0.2, 0) is 11.5 Å². The first-order chi connectivity index (χ1) is 22.7. The van der Waals surface area contributed by atoms with Crippen LogP contribution in [0.15, 0.2) is 54.7 Å².